The Labute approximate surface area is 201 Å². The minimum atomic E-state index is -5.87. The fraction of sp³-hybridized carbons (Fsp3) is 0.0909. The van der Waals surface area contributed by atoms with Crippen LogP contribution in [0.1, 0.15) is 5.56 Å². The average molecular weight is 516 g/mol. The number of alkyl halides is 3. The van der Waals surface area contributed by atoms with Gasteiger partial charge in [0.25, 0.3) is 0 Å². The topological polar surface area (TPSA) is 114 Å². The third kappa shape index (κ3) is 4.70. The first-order valence-corrected chi connectivity index (χ1v) is 11.6. The summed E-state index contributed by atoms with van der Waals surface area (Å²) in [5, 5.41) is 8.23. The number of aromatic nitrogens is 6. The highest BCUT2D eigenvalue weighted by Gasteiger charge is 2.48. The van der Waals surface area contributed by atoms with Gasteiger partial charge < -0.3 is 8.92 Å². The van der Waals surface area contributed by atoms with E-state index in [0.29, 0.717) is 22.7 Å². The molecule has 0 atom stereocenters. The van der Waals surface area contributed by atoms with Crippen molar-refractivity contribution in [3.05, 3.63) is 84.9 Å². The Balaban J connectivity index is 1.51. The molecule has 0 unspecified atom stereocenters. The molecule has 2 aromatic carbocycles. The number of ether oxygens (including phenoxy) is 1. The molecular weight excluding hydrogens is 501 g/mol. The Kier molecular flexibility index (Phi) is 5.80. The van der Waals surface area contributed by atoms with Crippen LogP contribution < -0.4 is 8.92 Å². The van der Waals surface area contributed by atoms with Gasteiger partial charge in [0.2, 0.25) is 11.7 Å². The molecule has 0 saturated heterocycles. The summed E-state index contributed by atoms with van der Waals surface area (Å²) in [6.07, 6.45) is 5.92. The number of rotatable bonds is 7. The van der Waals surface area contributed by atoms with Gasteiger partial charge in [-0.3, -0.25) is 4.40 Å². The smallest absolute Gasteiger partial charge is 0.488 e. The molecule has 3 aromatic heterocycles. The highest BCUT2D eigenvalue weighted by Crippen LogP contribution is 2.33. The van der Waals surface area contributed by atoms with E-state index in [2.05, 4.69) is 24.3 Å². The zero-order chi connectivity index (χ0) is 25.3. The molecule has 184 valence electrons. The highest BCUT2D eigenvalue weighted by atomic mass is 32.2. The van der Waals surface area contributed by atoms with Gasteiger partial charge in [0.05, 0.1) is 23.8 Å². The van der Waals surface area contributed by atoms with E-state index >= 15 is 0 Å². The quantitative estimate of drug-likeness (QED) is 0.237. The van der Waals surface area contributed by atoms with E-state index in [1.54, 1.807) is 24.4 Å². The molecule has 0 spiro atoms. The molecule has 36 heavy (non-hydrogen) atoms. The van der Waals surface area contributed by atoms with E-state index in [0.717, 1.165) is 11.6 Å². The van der Waals surface area contributed by atoms with Crippen molar-refractivity contribution in [3.63, 3.8) is 0 Å². The van der Waals surface area contributed by atoms with E-state index in [1.807, 2.05) is 30.3 Å². The second-order valence-electron chi connectivity index (χ2n) is 7.36. The van der Waals surface area contributed by atoms with Crippen LogP contribution in [0, 0.1) is 0 Å². The standard InChI is InChI=1S/C22H15F3N6O4S/c23-22(24,25)36(32,33)35-20-8-11-30-13-18(28-21(30)29-20)17-7-6-16(31-26-9-10-27-31)12-19(17)34-14-15-4-2-1-3-5-15/h1-13H,14H2. The summed E-state index contributed by atoms with van der Waals surface area (Å²) >= 11 is 0. The fourth-order valence-corrected chi connectivity index (χ4v) is 3.65. The molecule has 5 aromatic rings. The lowest BCUT2D eigenvalue weighted by atomic mass is 10.1. The summed E-state index contributed by atoms with van der Waals surface area (Å²) in [6, 6.07) is 15.7. The van der Waals surface area contributed by atoms with Gasteiger partial charge in [-0.25, -0.2) is 4.98 Å². The first-order chi connectivity index (χ1) is 17.2. The second kappa shape index (κ2) is 8.96. The number of hydrogen-bond acceptors (Lipinski definition) is 8. The molecule has 5 rings (SSSR count). The maximum absolute atomic E-state index is 12.6. The number of benzene rings is 2. The van der Waals surface area contributed by atoms with Gasteiger partial charge in [-0.2, -0.15) is 41.6 Å². The Morgan fingerprint density at radius 2 is 1.69 bits per heavy atom. The number of halogens is 3. The van der Waals surface area contributed by atoms with E-state index in [1.165, 1.54) is 27.8 Å². The van der Waals surface area contributed by atoms with Crippen molar-refractivity contribution in [1.29, 1.82) is 0 Å². The summed E-state index contributed by atoms with van der Waals surface area (Å²) in [5.41, 5.74) is -3.10. The second-order valence-corrected chi connectivity index (χ2v) is 8.89. The number of nitrogens with zero attached hydrogens (tertiary/aromatic N) is 6. The van der Waals surface area contributed by atoms with Crippen molar-refractivity contribution in [2.45, 2.75) is 12.1 Å². The average Bonchev–Trinajstić information content (AvgIpc) is 3.52. The van der Waals surface area contributed by atoms with Gasteiger partial charge in [0, 0.05) is 30.1 Å². The van der Waals surface area contributed by atoms with Gasteiger partial charge in [0.1, 0.15) is 12.4 Å². The van der Waals surface area contributed by atoms with Crippen LogP contribution in [0.5, 0.6) is 11.6 Å². The van der Waals surface area contributed by atoms with Gasteiger partial charge in [-0.1, -0.05) is 30.3 Å². The molecular formula is C22H15F3N6O4S. The third-order valence-electron chi connectivity index (χ3n) is 4.91. The maximum atomic E-state index is 12.6. The Hall–Kier alpha value is -4.46. The van der Waals surface area contributed by atoms with Crippen LogP contribution in [0.2, 0.25) is 0 Å². The maximum Gasteiger partial charge on any atom is 0.534 e. The van der Waals surface area contributed by atoms with Gasteiger partial charge >= 0.3 is 15.6 Å². The Morgan fingerprint density at radius 1 is 0.944 bits per heavy atom. The predicted octanol–water partition coefficient (Wildman–Crippen LogP) is 3.78. The molecule has 0 saturated carbocycles. The lowest BCUT2D eigenvalue weighted by Crippen LogP contribution is -2.28. The summed E-state index contributed by atoms with van der Waals surface area (Å²) in [6.45, 7) is 0.253. The van der Waals surface area contributed by atoms with Crippen LogP contribution in [0.3, 0.4) is 0 Å². The van der Waals surface area contributed by atoms with Crippen molar-refractivity contribution >= 4 is 15.9 Å². The van der Waals surface area contributed by atoms with Crippen LogP contribution in [-0.2, 0) is 16.7 Å². The molecule has 0 fully saturated rings. The minimum absolute atomic E-state index is 0.0771. The van der Waals surface area contributed by atoms with Crippen LogP contribution >= 0.6 is 0 Å². The Bertz CT molecular complexity index is 1620. The molecule has 0 radical (unpaired) electrons. The SMILES string of the molecule is O=S(=O)(Oc1ccn2cc(-c3ccc(-n4nccn4)cc3OCc3ccccc3)nc2n1)C(F)(F)F. The number of hydrogen-bond donors (Lipinski definition) is 0. The summed E-state index contributed by atoms with van der Waals surface area (Å²) in [4.78, 5) is 9.52. The molecule has 0 aliphatic rings. The fourth-order valence-electron chi connectivity index (χ4n) is 3.24. The molecule has 0 amide bonds. The molecule has 0 aliphatic heterocycles. The largest absolute Gasteiger partial charge is 0.534 e. The summed E-state index contributed by atoms with van der Waals surface area (Å²) in [5.74, 6) is -0.405. The molecule has 0 bridgehead atoms. The molecule has 3 heterocycles. The molecule has 14 heteroatoms. The lowest BCUT2D eigenvalue weighted by molar-refractivity contribution is -0.0501. The van der Waals surface area contributed by atoms with Crippen molar-refractivity contribution in [2.75, 3.05) is 0 Å². The van der Waals surface area contributed by atoms with Crippen molar-refractivity contribution in [2.24, 2.45) is 0 Å². The Morgan fingerprint density at radius 3 is 2.42 bits per heavy atom. The zero-order valence-electron chi connectivity index (χ0n) is 18.1. The summed E-state index contributed by atoms with van der Waals surface area (Å²) in [7, 11) is -5.87. The van der Waals surface area contributed by atoms with E-state index in [4.69, 9.17) is 4.74 Å². The van der Waals surface area contributed by atoms with Gasteiger partial charge in [-0.15, -0.1) is 0 Å². The summed E-state index contributed by atoms with van der Waals surface area (Å²) < 4.78 is 72.1. The highest BCUT2D eigenvalue weighted by molar-refractivity contribution is 7.87. The van der Waals surface area contributed by atoms with Crippen molar-refractivity contribution < 1.29 is 30.5 Å². The normalized spacial score (nSPS) is 12.1. The predicted molar refractivity (Wildman–Crippen MR) is 120 cm³/mol. The van der Waals surface area contributed by atoms with Crippen LogP contribution in [0.4, 0.5) is 13.2 Å². The van der Waals surface area contributed by atoms with E-state index < -0.39 is 21.5 Å². The molecule has 0 aliphatic carbocycles. The first-order valence-electron chi connectivity index (χ1n) is 10.2. The van der Waals surface area contributed by atoms with E-state index in [-0.39, 0.29) is 12.4 Å². The monoisotopic (exact) mass is 516 g/mol. The first kappa shape index (κ1) is 23.3. The van der Waals surface area contributed by atoms with Crippen LogP contribution in [0.15, 0.2) is 79.4 Å². The number of imidazole rings is 1. The van der Waals surface area contributed by atoms with Gasteiger partial charge in [0.15, 0.2) is 0 Å². The van der Waals surface area contributed by atoms with Crippen LogP contribution in [-0.4, -0.2) is 43.3 Å². The minimum Gasteiger partial charge on any atom is -0.488 e. The molecule has 10 nitrogen and oxygen atoms in total. The number of fused-ring (bicyclic) bond motifs is 1. The van der Waals surface area contributed by atoms with Crippen molar-refractivity contribution in [3.8, 4) is 28.6 Å². The van der Waals surface area contributed by atoms with Gasteiger partial charge in [-0.05, 0) is 17.7 Å². The third-order valence-corrected chi connectivity index (χ3v) is 5.86. The van der Waals surface area contributed by atoms with Crippen LogP contribution in [0.25, 0.3) is 22.7 Å². The lowest BCUT2D eigenvalue weighted by Gasteiger charge is -2.12. The zero-order valence-corrected chi connectivity index (χ0v) is 18.9. The van der Waals surface area contributed by atoms with E-state index in [9.17, 15) is 21.6 Å². The molecule has 0 N–H and O–H groups in total. The van der Waals surface area contributed by atoms with Crippen molar-refractivity contribution in [1.82, 2.24) is 29.4 Å².